The van der Waals surface area contributed by atoms with Crippen LogP contribution >= 0.6 is 11.6 Å². The molecule has 9 heteroatoms. The van der Waals surface area contributed by atoms with Crippen LogP contribution in [0.4, 0.5) is 0 Å². The Morgan fingerprint density at radius 3 is 1.86 bits per heavy atom. The second-order valence-electron chi connectivity index (χ2n) is 7.81. The molecule has 8 nitrogen and oxygen atoms in total. The highest BCUT2D eigenvalue weighted by Crippen LogP contribution is 2.34. The third-order valence-electron chi connectivity index (χ3n) is 5.63. The van der Waals surface area contributed by atoms with Crippen LogP contribution in [-0.4, -0.2) is 36.1 Å². The van der Waals surface area contributed by atoms with E-state index in [-0.39, 0.29) is 34.1 Å². The van der Waals surface area contributed by atoms with Crippen LogP contribution in [-0.2, 0) is 4.74 Å². The predicted molar refractivity (Wildman–Crippen MR) is 138 cm³/mol. The lowest BCUT2D eigenvalue weighted by Crippen LogP contribution is -2.14. The zero-order valence-corrected chi connectivity index (χ0v) is 20.5. The fraction of sp³-hybridized carbons (Fsp3) is 0.0714. The third kappa shape index (κ3) is 4.62. The Morgan fingerprint density at radius 2 is 1.27 bits per heavy atom. The van der Waals surface area contributed by atoms with Crippen molar-refractivity contribution in [2.24, 2.45) is 0 Å². The van der Waals surface area contributed by atoms with Crippen LogP contribution in [0.25, 0.3) is 21.5 Å². The topological polar surface area (TPSA) is 96.8 Å². The summed E-state index contributed by atoms with van der Waals surface area (Å²) in [6, 6.07) is 22.9. The molecule has 0 saturated carbocycles. The first-order valence-corrected chi connectivity index (χ1v) is 11.5. The normalized spacial score (nSPS) is 10.8. The summed E-state index contributed by atoms with van der Waals surface area (Å²) in [5.41, 5.74) is 0.299. The highest BCUT2D eigenvalue weighted by molar-refractivity contribution is 6.33. The Morgan fingerprint density at radius 1 is 0.730 bits per heavy atom. The number of hydrogen-bond acceptors (Lipinski definition) is 8. The van der Waals surface area contributed by atoms with Crippen LogP contribution in [0, 0.1) is 0 Å². The van der Waals surface area contributed by atoms with Crippen molar-refractivity contribution in [1.29, 1.82) is 0 Å². The summed E-state index contributed by atoms with van der Waals surface area (Å²) in [5.74, 6) is -1.55. The number of carbonyl (C=O) groups excluding carboxylic acids is 2. The monoisotopic (exact) mass is 514 g/mol. The Hall–Kier alpha value is -4.69. The Balaban J connectivity index is 1.49. The van der Waals surface area contributed by atoms with Crippen LogP contribution in [0.5, 0.6) is 23.5 Å². The molecule has 0 aliphatic rings. The number of benzene rings is 4. The van der Waals surface area contributed by atoms with Crippen molar-refractivity contribution < 1.29 is 28.5 Å². The molecule has 0 amide bonds. The molecule has 0 radical (unpaired) electrons. The second-order valence-corrected chi connectivity index (χ2v) is 8.19. The lowest BCUT2D eigenvalue weighted by Gasteiger charge is -2.13. The highest BCUT2D eigenvalue weighted by atomic mass is 35.5. The summed E-state index contributed by atoms with van der Waals surface area (Å²) in [5, 5.41) is 3.13. The van der Waals surface area contributed by atoms with E-state index in [0.29, 0.717) is 16.3 Å². The zero-order valence-electron chi connectivity index (χ0n) is 19.7. The number of carbonyl (C=O) groups is 2. The molecule has 0 unspecified atom stereocenters. The van der Waals surface area contributed by atoms with Gasteiger partial charge in [-0.2, -0.15) is 9.97 Å². The van der Waals surface area contributed by atoms with Gasteiger partial charge in [-0.15, -0.1) is 0 Å². The van der Waals surface area contributed by atoms with Gasteiger partial charge in [0.25, 0.3) is 0 Å². The van der Waals surface area contributed by atoms with Crippen molar-refractivity contribution >= 4 is 45.1 Å². The van der Waals surface area contributed by atoms with E-state index in [1.54, 1.807) is 12.1 Å². The lowest BCUT2D eigenvalue weighted by atomic mass is 9.97. The number of methoxy groups -OCH3 is 2. The molecular formula is C28H19ClN2O6. The SMILES string of the molecule is COc1nc(Oc2ccccc2C(=O)OC(=O)c2c3ccccc3cc3ccccc23)nc(OC)c1Cl. The Bertz CT molecular complexity index is 1590. The van der Waals surface area contributed by atoms with E-state index in [4.69, 9.17) is 30.5 Å². The molecule has 0 aliphatic heterocycles. The molecule has 0 spiro atoms. The van der Waals surface area contributed by atoms with Crippen LogP contribution in [0.2, 0.25) is 5.02 Å². The molecule has 1 heterocycles. The number of para-hydroxylation sites is 1. The van der Waals surface area contributed by atoms with Gasteiger partial charge in [-0.25, -0.2) is 9.59 Å². The maximum Gasteiger partial charge on any atom is 0.349 e. The fourth-order valence-corrected chi connectivity index (χ4v) is 4.19. The molecule has 184 valence electrons. The highest BCUT2D eigenvalue weighted by Gasteiger charge is 2.23. The Kier molecular flexibility index (Phi) is 6.57. The summed E-state index contributed by atoms with van der Waals surface area (Å²) in [4.78, 5) is 34.7. The van der Waals surface area contributed by atoms with E-state index < -0.39 is 11.9 Å². The third-order valence-corrected chi connectivity index (χ3v) is 5.95. The lowest BCUT2D eigenvalue weighted by molar-refractivity contribution is 0.0399. The summed E-state index contributed by atoms with van der Waals surface area (Å²) in [6.07, 6.45) is 0. The molecule has 37 heavy (non-hydrogen) atoms. The van der Waals surface area contributed by atoms with Gasteiger partial charge in [0.1, 0.15) is 11.3 Å². The zero-order chi connectivity index (χ0) is 25.9. The molecule has 0 atom stereocenters. The minimum Gasteiger partial charge on any atom is -0.480 e. The second kappa shape index (κ2) is 10.1. The van der Waals surface area contributed by atoms with Gasteiger partial charge in [0.2, 0.25) is 11.8 Å². The number of esters is 2. The average molecular weight is 515 g/mol. The molecule has 5 aromatic rings. The first-order chi connectivity index (χ1) is 18.0. The number of hydrogen-bond donors (Lipinski definition) is 0. The number of rotatable bonds is 6. The summed E-state index contributed by atoms with van der Waals surface area (Å²) in [6.45, 7) is 0. The van der Waals surface area contributed by atoms with Crippen molar-refractivity contribution in [2.45, 2.75) is 0 Å². The average Bonchev–Trinajstić information content (AvgIpc) is 2.92. The number of ether oxygens (including phenoxy) is 4. The van der Waals surface area contributed by atoms with Gasteiger partial charge in [-0.1, -0.05) is 72.3 Å². The van der Waals surface area contributed by atoms with Crippen molar-refractivity contribution in [1.82, 2.24) is 9.97 Å². The van der Waals surface area contributed by atoms with Crippen LogP contribution in [0.15, 0.2) is 78.9 Å². The van der Waals surface area contributed by atoms with Gasteiger partial charge in [0, 0.05) is 0 Å². The van der Waals surface area contributed by atoms with E-state index in [0.717, 1.165) is 10.8 Å². The number of nitrogens with zero attached hydrogens (tertiary/aromatic N) is 2. The number of halogens is 1. The molecule has 0 aliphatic carbocycles. The largest absolute Gasteiger partial charge is 0.480 e. The van der Waals surface area contributed by atoms with Gasteiger partial charge in [0.05, 0.1) is 19.8 Å². The molecule has 0 bridgehead atoms. The van der Waals surface area contributed by atoms with E-state index in [1.165, 1.54) is 26.4 Å². The van der Waals surface area contributed by atoms with Gasteiger partial charge >= 0.3 is 17.9 Å². The van der Waals surface area contributed by atoms with Crippen LogP contribution < -0.4 is 14.2 Å². The molecular weight excluding hydrogens is 496 g/mol. The minimum atomic E-state index is -0.898. The maximum atomic E-state index is 13.4. The quantitative estimate of drug-likeness (QED) is 0.149. The predicted octanol–water partition coefficient (Wildman–Crippen LogP) is 6.24. The van der Waals surface area contributed by atoms with Crippen molar-refractivity contribution in [3.05, 3.63) is 95.0 Å². The van der Waals surface area contributed by atoms with Crippen molar-refractivity contribution in [2.75, 3.05) is 14.2 Å². The summed E-state index contributed by atoms with van der Waals surface area (Å²) in [7, 11) is 2.76. The van der Waals surface area contributed by atoms with Crippen LogP contribution in [0.1, 0.15) is 20.7 Å². The van der Waals surface area contributed by atoms with Gasteiger partial charge < -0.3 is 18.9 Å². The summed E-state index contributed by atoms with van der Waals surface area (Å²) < 4.78 is 21.4. The van der Waals surface area contributed by atoms with Crippen molar-refractivity contribution in [3.63, 3.8) is 0 Å². The van der Waals surface area contributed by atoms with Gasteiger partial charge in [0.15, 0.2) is 5.02 Å². The number of fused-ring (bicyclic) bond motifs is 2. The Labute approximate surface area is 216 Å². The van der Waals surface area contributed by atoms with Crippen LogP contribution in [0.3, 0.4) is 0 Å². The van der Waals surface area contributed by atoms with E-state index >= 15 is 0 Å². The molecule has 0 fully saturated rings. The number of aromatic nitrogens is 2. The standard InChI is InChI=1S/C28H19ClN2O6/c1-34-24-23(29)25(35-2)31-28(30-24)36-21-14-8-7-13-20(21)26(32)37-27(33)22-18-11-5-3-9-16(18)15-17-10-4-6-12-19(17)22/h3-15H,1-2H3. The first kappa shape index (κ1) is 24.0. The summed E-state index contributed by atoms with van der Waals surface area (Å²) >= 11 is 6.12. The molecule has 1 aromatic heterocycles. The van der Waals surface area contributed by atoms with Gasteiger partial charge in [-0.3, -0.25) is 0 Å². The minimum absolute atomic E-state index is 0.00289. The van der Waals surface area contributed by atoms with Crippen molar-refractivity contribution in [3.8, 4) is 23.5 Å². The molecule has 4 aromatic carbocycles. The molecule has 5 rings (SSSR count). The maximum absolute atomic E-state index is 13.4. The fourth-order valence-electron chi connectivity index (χ4n) is 3.95. The van der Waals surface area contributed by atoms with Gasteiger partial charge in [-0.05, 0) is 39.7 Å². The molecule has 0 N–H and O–H groups in total. The molecule has 0 saturated heterocycles. The van der Waals surface area contributed by atoms with E-state index in [9.17, 15) is 9.59 Å². The van der Waals surface area contributed by atoms with E-state index in [2.05, 4.69) is 9.97 Å². The van der Waals surface area contributed by atoms with E-state index in [1.807, 2.05) is 54.6 Å². The smallest absolute Gasteiger partial charge is 0.349 e. The first-order valence-electron chi connectivity index (χ1n) is 11.1.